The minimum Gasteiger partial charge on any atom is -0.492 e. The van der Waals surface area contributed by atoms with Gasteiger partial charge in [0.1, 0.15) is 12.4 Å². The molecular weight excluding hydrogens is 352 g/mol. The summed E-state index contributed by atoms with van der Waals surface area (Å²) in [7, 11) is 0. The summed E-state index contributed by atoms with van der Waals surface area (Å²) in [6, 6.07) is 16.7. The van der Waals surface area contributed by atoms with Crippen LogP contribution in [0.1, 0.15) is 5.69 Å². The highest BCUT2D eigenvalue weighted by Crippen LogP contribution is 2.26. The Bertz CT molecular complexity index is 889. The molecule has 6 nitrogen and oxygen atoms in total. The zero-order valence-corrected chi connectivity index (χ0v) is 15.0. The quantitative estimate of drug-likeness (QED) is 0.651. The Balaban J connectivity index is 1.77. The summed E-state index contributed by atoms with van der Waals surface area (Å²) < 4.78 is 7.46. The second kappa shape index (κ2) is 7.93. The number of carbonyl (C=O) groups is 1. The van der Waals surface area contributed by atoms with Crippen LogP contribution in [0.2, 0.25) is 5.02 Å². The number of halogens is 1. The van der Waals surface area contributed by atoms with Crippen LogP contribution in [0.4, 0.5) is 4.79 Å². The third-order valence-corrected chi connectivity index (χ3v) is 3.97. The van der Waals surface area contributed by atoms with Gasteiger partial charge in [-0.1, -0.05) is 11.6 Å². The number of carbonyl (C=O) groups excluding carboxylic acids is 1. The number of nitrogens with two attached hydrogens (primary N) is 1. The highest BCUT2D eigenvalue weighted by Gasteiger charge is 2.10. The average molecular weight is 371 g/mol. The molecule has 0 radical (unpaired) electrons. The minimum absolute atomic E-state index is 0.351. The maximum atomic E-state index is 10.6. The van der Waals surface area contributed by atoms with E-state index in [1.54, 1.807) is 0 Å². The Hall–Kier alpha value is -2.99. The lowest BCUT2D eigenvalue weighted by Gasteiger charge is -2.10. The van der Waals surface area contributed by atoms with Gasteiger partial charge in [0.2, 0.25) is 0 Å². The highest BCUT2D eigenvalue weighted by atomic mass is 35.5. The van der Waals surface area contributed by atoms with Crippen LogP contribution in [0.15, 0.2) is 54.6 Å². The minimum atomic E-state index is -0.560. The highest BCUT2D eigenvalue weighted by molar-refractivity contribution is 6.30. The standard InChI is InChI=1S/C19H19ClN4O2/c1-13-12-18(24(23-13)16-6-4-15(20)5-7-16)14-2-8-17(9-3-14)26-11-10-22-19(21)25/h2-9,12H,10-11H2,1H3,(H3,21,22,25). The first-order valence-corrected chi connectivity index (χ1v) is 8.50. The summed E-state index contributed by atoms with van der Waals surface area (Å²) >= 11 is 5.97. The Kier molecular flexibility index (Phi) is 5.43. The third-order valence-electron chi connectivity index (χ3n) is 3.72. The van der Waals surface area contributed by atoms with E-state index in [9.17, 15) is 4.79 Å². The Morgan fingerprint density at radius 2 is 1.88 bits per heavy atom. The van der Waals surface area contributed by atoms with Crippen molar-refractivity contribution in [2.24, 2.45) is 5.73 Å². The molecule has 2 amide bonds. The molecule has 0 saturated heterocycles. The van der Waals surface area contributed by atoms with Crippen LogP contribution in [-0.2, 0) is 0 Å². The van der Waals surface area contributed by atoms with Gasteiger partial charge < -0.3 is 15.8 Å². The van der Waals surface area contributed by atoms with E-state index in [0.29, 0.717) is 23.9 Å². The first-order chi connectivity index (χ1) is 12.5. The maximum absolute atomic E-state index is 10.6. The molecule has 0 aliphatic heterocycles. The number of nitrogens with zero attached hydrogens (tertiary/aromatic N) is 2. The molecule has 0 saturated carbocycles. The summed E-state index contributed by atoms with van der Waals surface area (Å²) in [4.78, 5) is 10.6. The first kappa shape index (κ1) is 17.8. The molecule has 1 heterocycles. The van der Waals surface area contributed by atoms with Crippen molar-refractivity contribution in [3.05, 3.63) is 65.3 Å². The molecule has 26 heavy (non-hydrogen) atoms. The maximum Gasteiger partial charge on any atom is 0.312 e. The van der Waals surface area contributed by atoms with Gasteiger partial charge in [-0.25, -0.2) is 9.48 Å². The van der Waals surface area contributed by atoms with Crippen LogP contribution in [0.3, 0.4) is 0 Å². The van der Waals surface area contributed by atoms with Gasteiger partial charge in [-0.2, -0.15) is 5.10 Å². The fourth-order valence-corrected chi connectivity index (χ4v) is 2.68. The number of benzene rings is 2. The van der Waals surface area contributed by atoms with Crippen molar-refractivity contribution in [3.63, 3.8) is 0 Å². The first-order valence-electron chi connectivity index (χ1n) is 8.12. The summed E-state index contributed by atoms with van der Waals surface area (Å²) in [5, 5.41) is 7.74. The monoisotopic (exact) mass is 370 g/mol. The van der Waals surface area contributed by atoms with E-state index in [1.165, 1.54) is 0 Å². The number of ether oxygens (including phenoxy) is 1. The van der Waals surface area contributed by atoms with Crippen molar-refractivity contribution in [1.82, 2.24) is 15.1 Å². The molecule has 3 rings (SSSR count). The van der Waals surface area contributed by atoms with Crippen LogP contribution >= 0.6 is 11.6 Å². The van der Waals surface area contributed by atoms with Crippen molar-refractivity contribution >= 4 is 17.6 Å². The zero-order valence-electron chi connectivity index (χ0n) is 14.3. The number of urea groups is 1. The molecule has 2 aromatic carbocycles. The van der Waals surface area contributed by atoms with Crippen LogP contribution in [0.5, 0.6) is 5.75 Å². The van der Waals surface area contributed by atoms with Crippen LogP contribution in [0, 0.1) is 6.92 Å². The lowest BCUT2D eigenvalue weighted by Crippen LogP contribution is -2.32. The van der Waals surface area contributed by atoms with E-state index < -0.39 is 6.03 Å². The van der Waals surface area contributed by atoms with E-state index in [2.05, 4.69) is 10.4 Å². The number of primary amides is 1. The van der Waals surface area contributed by atoms with Crippen molar-refractivity contribution in [3.8, 4) is 22.7 Å². The van der Waals surface area contributed by atoms with Crippen molar-refractivity contribution in [2.75, 3.05) is 13.2 Å². The molecule has 134 valence electrons. The average Bonchev–Trinajstić information content (AvgIpc) is 3.01. The molecular formula is C19H19ClN4O2. The predicted molar refractivity (Wildman–Crippen MR) is 102 cm³/mol. The van der Waals surface area contributed by atoms with Gasteiger partial charge in [-0.15, -0.1) is 0 Å². The Morgan fingerprint density at radius 3 is 2.54 bits per heavy atom. The van der Waals surface area contributed by atoms with E-state index >= 15 is 0 Å². The molecule has 0 fully saturated rings. The number of aryl methyl sites for hydroxylation is 1. The molecule has 7 heteroatoms. The van der Waals surface area contributed by atoms with E-state index in [-0.39, 0.29) is 0 Å². The number of rotatable bonds is 6. The Morgan fingerprint density at radius 1 is 1.19 bits per heavy atom. The van der Waals surface area contributed by atoms with Crippen LogP contribution in [-0.4, -0.2) is 29.0 Å². The SMILES string of the molecule is Cc1cc(-c2ccc(OCCNC(N)=O)cc2)n(-c2ccc(Cl)cc2)n1. The van der Waals surface area contributed by atoms with Gasteiger partial charge in [0.25, 0.3) is 0 Å². The molecule has 0 aliphatic carbocycles. The number of amides is 2. The van der Waals surface area contributed by atoms with Crippen molar-refractivity contribution in [1.29, 1.82) is 0 Å². The molecule has 3 aromatic rings. The molecule has 0 atom stereocenters. The van der Waals surface area contributed by atoms with Crippen molar-refractivity contribution in [2.45, 2.75) is 6.92 Å². The number of hydrogen-bond donors (Lipinski definition) is 2. The molecule has 3 N–H and O–H groups in total. The largest absolute Gasteiger partial charge is 0.492 e. The summed E-state index contributed by atoms with van der Waals surface area (Å²) in [6.07, 6.45) is 0. The van der Waals surface area contributed by atoms with Gasteiger partial charge in [0.05, 0.1) is 23.6 Å². The van der Waals surface area contributed by atoms with Gasteiger partial charge in [0.15, 0.2) is 0 Å². The molecule has 1 aromatic heterocycles. The number of aromatic nitrogens is 2. The lowest BCUT2D eigenvalue weighted by molar-refractivity contribution is 0.244. The predicted octanol–water partition coefficient (Wildman–Crippen LogP) is 3.55. The third kappa shape index (κ3) is 4.34. The van der Waals surface area contributed by atoms with Crippen molar-refractivity contribution < 1.29 is 9.53 Å². The fraction of sp³-hybridized carbons (Fsp3) is 0.158. The molecule has 0 unspecified atom stereocenters. The molecule has 0 bridgehead atoms. The topological polar surface area (TPSA) is 82.2 Å². The zero-order chi connectivity index (χ0) is 18.5. The van der Waals surface area contributed by atoms with Crippen LogP contribution < -0.4 is 15.8 Å². The fourth-order valence-electron chi connectivity index (χ4n) is 2.55. The summed E-state index contributed by atoms with van der Waals surface area (Å²) in [6.45, 7) is 2.67. The van der Waals surface area contributed by atoms with Gasteiger partial charge in [-0.3, -0.25) is 0 Å². The summed E-state index contributed by atoms with van der Waals surface area (Å²) in [5.41, 5.74) is 8.87. The second-order valence-corrected chi connectivity index (χ2v) is 6.16. The summed E-state index contributed by atoms with van der Waals surface area (Å²) in [5.74, 6) is 0.717. The molecule has 0 aliphatic rings. The number of hydrogen-bond acceptors (Lipinski definition) is 3. The van der Waals surface area contributed by atoms with Gasteiger partial charge in [-0.05, 0) is 61.5 Å². The van der Waals surface area contributed by atoms with E-state index in [1.807, 2.05) is 66.2 Å². The van der Waals surface area contributed by atoms with E-state index in [0.717, 1.165) is 22.6 Å². The van der Waals surface area contributed by atoms with E-state index in [4.69, 9.17) is 22.1 Å². The Labute approximate surface area is 156 Å². The van der Waals surface area contributed by atoms with Gasteiger partial charge in [0, 0.05) is 10.6 Å². The van der Waals surface area contributed by atoms with Gasteiger partial charge >= 0.3 is 6.03 Å². The normalized spacial score (nSPS) is 10.5. The lowest BCUT2D eigenvalue weighted by atomic mass is 10.1. The molecule has 0 spiro atoms. The number of nitrogens with one attached hydrogen (secondary N) is 1. The van der Waals surface area contributed by atoms with Crippen LogP contribution in [0.25, 0.3) is 16.9 Å². The smallest absolute Gasteiger partial charge is 0.312 e. The second-order valence-electron chi connectivity index (χ2n) is 5.72.